The van der Waals surface area contributed by atoms with Gasteiger partial charge in [0.05, 0.1) is 5.69 Å². The topological polar surface area (TPSA) is 26.9 Å². The maximum absolute atomic E-state index is 12.4. The molecule has 0 aliphatic heterocycles. The predicted octanol–water partition coefficient (Wildman–Crippen LogP) is 3.41. The van der Waals surface area contributed by atoms with E-state index in [2.05, 4.69) is 6.07 Å². The van der Waals surface area contributed by atoms with E-state index in [1.54, 1.807) is 4.57 Å². The molecule has 1 aromatic heterocycles. The van der Waals surface area contributed by atoms with E-state index in [0.29, 0.717) is 0 Å². The average molecular weight is 269 g/mol. The lowest BCUT2D eigenvalue weighted by Crippen LogP contribution is -2.24. The van der Waals surface area contributed by atoms with Crippen LogP contribution in [0.5, 0.6) is 0 Å². The largest absolute Gasteiger partial charge is 0.332 e. The molecule has 2 aromatic rings. The van der Waals surface area contributed by atoms with Gasteiger partial charge in [0.25, 0.3) is 0 Å². The van der Waals surface area contributed by atoms with Crippen LogP contribution in [0.3, 0.4) is 0 Å². The lowest BCUT2D eigenvalue weighted by atomic mass is 9.87. The SMILES string of the molecule is O=c1n(CCC2CCCCC2)ccn1-c1cc[c]cc1. The Morgan fingerprint density at radius 1 is 1.10 bits per heavy atom. The molecule has 0 saturated heterocycles. The maximum atomic E-state index is 12.4. The summed E-state index contributed by atoms with van der Waals surface area (Å²) in [6, 6.07) is 10.5. The van der Waals surface area contributed by atoms with E-state index in [9.17, 15) is 4.79 Å². The second kappa shape index (κ2) is 6.12. The lowest BCUT2D eigenvalue weighted by Gasteiger charge is -2.21. The van der Waals surface area contributed by atoms with Gasteiger partial charge in [0, 0.05) is 18.9 Å². The Morgan fingerprint density at radius 3 is 2.60 bits per heavy atom. The van der Waals surface area contributed by atoms with Crippen LogP contribution in [0.4, 0.5) is 0 Å². The average Bonchev–Trinajstić information content (AvgIpc) is 2.88. The van der Waals surface area contributed by atoms with Gasteiger partial charge in [-0.1, -0.05) is 44.2 Å². The Balaban J connectivity index is 1.69. The van der Waals surface area contributed by atoms with Crippen molar-refractivity contribution in [2.24, 2.45) is 5.92 Å². The molecule has 3 nitrogen and oxygen atoms in total. The van der Waals surface area contributed by atoms with Gasteiger partial charge in [0.2, 0.25) is 0 Å². The lowest BCUT2D eigenvalue weighted by molar-refractivity contribution is 0.322. The van der Waals surface area contributed by atoms with E-state index in [1.807, 2.05) is 41.2 Å². The first-order valence-corrected chi connectivity index (χ1v) is 7.59. The third-order valence-electron chi connectivity index (χ3n) is 4.33. The quantitative estimate of drug-likeness (QED) is 0.835. The summed E-state index contributed by atoms with van der Waals surface area (Å²) < 4.78 is 3.54. The van der Waals surface area contributed by atoms with E-state index < -0.39 is 0 Å². The zero-order valence-corrected chi connectivity index (χ0v) is 11.8. The van der Waals surface area contributed by atoms with Gasteiger partial charge in [0.1, 0.15) is 0 Å². The van der Waals surface area contributed by atoms with Crippen LogP contribution >= 0.6 is 0 Å². The molecule has 1 saturated carbocycles. The summed E-state index contributed by atoms with van der Waals surface area (Å²) in [5.41, 5.74) is 0.970. The Kier molecular flexibility index (Phi) is 4.05. The highest BCUT2D eigenvalue weighted by molar-refractivity contribution is 5.30. The first kappa shape index (κ1) is 13.2. The molecule has 20 heavy (non-hydrogen) atoms. The summed E-state index contributed by atoms with van der Waals surface area (Å²) in [6.07, 6.45) is 11.7. The summed E-state index contributed by atoms with van der Waals surface area (Å²) >= 11 is 0. The summed E-state index contributed by atoms with van der Waals surface area (Å²) in [6.45, 7) is 0.843. The van der Waals surface area contributed by atoms with Gasteiger partial charge in [-0.15, -0.1) is 0 Å². The molecular formula is C17H21N2O. The van der Waals surface area contributed by atoms with Crippen LogP contribution < -0.4 is 5.69 Å². The first-order chi connectivity index (χ1) is 9.84. The molecular weight excluding hydrogens is 248 g/mol. The van der Waals surface area contributed by atoms with E-state index >= 15 is 0 Å². The third-order valence-corrected chi connectivity index (χ3v) is 4.33. The molecule has 3 heteroatoms. The highest BCUT2D eigenvalue weighted by atomic mass is 16.1. The number of aryl methyl sites for hydroxylation is 1. The molecule has 1 aromatic carbocycles. The third kappa shape index (κ3) is 2.87. The Morgan fingerprint density at radius 2 is 1.85 bits per heavy atom. The first-order valence-electron chi connectivity index (χ1n) is 7.59. The molecule has 0 unspecified atom stereocenters. The maximum Gasteiger partial charge on any atom is 0.332 e. The molecule has 3 rings (SSSR count). The fourth-order valence-electron chi connectivity index (χ4n) is 3.12. The van der Waals surface area contributed by atoms with Crippen LogP contribution in [0.15, 0.2) is 41.5 Å². The number of rotatable bonds is 4. The zero-order chi connectivity index (χ0) is 13.8. The van der Waals surface area contributed by atoms with E-state index in [4.69, 9.17) is 0 Å². The zero-order valence-electron chi connectivity index (χ0n) is 11.8. The molecule has 0 amide bonds. The van der Waals surface area contributed by atoms with Crippen molar-refractivity contribution in [3.05, 3.63) is 53.2 Å². The number of benzene rings is 1. The highest BCUT2D eigenvalue weighted by Gasteiger charge is 2.14. The molecule has 0 spiro atoms. The van der Waals surface area contributed by atoms with Crippen LogP contribution in [0.25, 0.3) is 5.69 Å². The van der Waals surface area contributed by atoms with Gasteiger partial charge in [-0.05, 0) is 30.5 Å². The molecule has 0 atom stereocenters. The molecule has 1 radical (unpaired) electrons. The van der Waals surface area contributed by atoms with Crippen LogP contribution in [0.2, 0.25) is 0 Å². The molecule has 1 aliphatic carbocycles. The molecule has 0 N–H and O–H groups in total. The number of hydrogen-bond acceptors (Lipinski definition) is 1. The summed E-state index contributed by atoms with van der Waals surface area (Å²) in [5.74, 6) is 0.810. The van der Waals surface area contributed by atoms with E-state index in [1.165, 1.54) is 32.1 Å². The number of aromatic nitrogens is 2. The van der Waals surface area contributed by atoms with Gasteiger partial charge >= 0.3 is 5.69 Å². The molecule has 0 bridgehead atoms. The minimum absolute atomic E-state index is 0.0620. The van der Waals surface area contributed by atoms with Crippen molar-refractivity contribution < 1.29 is 0 Å². The van der Waals surface area contributed by atoms with Gasteiger partial charge in [-0.3, -0.25) is 9.13 Å². The standard InChI is InChI=1S/C17H21N2O/c20-17-18(12-11-15-7-3-1-4-8-15)13-14-19(17)16-9-5-2-6-10-16/h5-6,9-10,13-15H,1,3-4,7-8,11-12H2. The van der Waals surface area contributed by atoms with E-state index in [0.717, 1.165) is 24.6 Å². The minimum Gasteiger partial charge on any atom is -0.299 e. The number of hydrogen-bond donors (Lipinski definition) is 0. The second-order valence-corrected chi connectivity index (χ2v) is 5.70. The summed E-state index contributed by atoms with van der Waals surface area (Å²) in [7, 11) is 0. The predicted molar refractivity (Wildman–Crippen MR) is 80.1 cm³/mol. The van der Waals surface area contributed by atoms with Gasteiger partial charge < -0.3 is 0 Å². The summed E-state index contributed by atoms with van der Waals surface area (Å²) in [4.78, 5) is 12.4. The van der Waals surface area contributed by atoms with Crippen molar-refractivity contribution in [3.63, 3.8) is 0 Å². The van der Waals surface area contributed by atoms with Gasteiger partial charge in [-0.2, -0.15) is 0 Å². The molecule has 105 valence electrons. The second-order valence-electron chi connectivity index (χ2n) is 5.70. The molecule has 1 heterocycles. The summed E-state index contributed by atoms with van der Waals surface area (Å²) in [5, 5.41) is 0. The van der Waals surface area contributed by atoms with Crippen LogP contribution in [-0.4, -0.2) is 9.13 Å². The number of nitrogens with zero attached hydrogens (tertiary/aromatic N) is 2. The van der Waals surface area contributed by atoms with Gasteiger partial charge in [-0.25, -0.2) is 4.79 Å². The molecule has 1 fully saturated rings. The van der Waals surface area contributed by atoms with Crippen molar-refractivity contribution in [1.29, 1.82) is 0 Å². The Hall–Kier alpha value is -1.77. The van der Waals surface area contributed by atoms with Gasteiger partial charge in [0.15, 0.2) is 0 Å². The normalized spacial score (nSPS) is 16.4. The highest BCUT2D eigenvalue weighted by Crippen LogP contribution is 2.26. The Labute approximate surface area is 119 Å². The fraction of sp³-hybridized carbons (Fsp3) is 0.471. The number of imidazole rings is 1. The monoisotopic (exact) mass is 269 g/mol. The van der Waals surface area contributed by atoms with Crippen molar-refractivity contribution >= 4 is 0 Å². The van der Waals surface area contributed by atoms with Crippen molar-refractivity contribution in [2.75, 3.05) is 0 Å². The van der Waals surface area contributed by atoms with E-state index in [-0.39, 0.29) is 5.69 Å². The van der Waals surface area contributed by atoms with Crippen molar-refractivity contribution in [1.82, 2.24) is 9.13 Å². The van der Waals surface area contributed by atoms with Crippen molar-refractivity contribution in [2.45, 2.75) is 45.1 Å². The fourth-order valence-corrected chi connectivity index (χ4v) is 3.12. The Bertz CT molecular complexity index is 591. The molecule has 1 aliphatic rings. The van der Waals surface area contributed by atoms with Crippen LogP contribution in [0.1, 0.15) is 38.5 Å². The minimum atomic E-state index is 0.0620. The van der Waals surface area contributed by atoms with Crippen molar-refractivity contribution in [3.8, 4) is 5.69 Å². The van der Waals surface area contributed by atoms with Crippen LogP contribution in [0, 0.1) is 12.0 Å². The smallest absolute Gasteiger partial charge is 0.299 e. The van der Waals surface area contributed by atoms with Crippen LogP contribution in [-0.2, 0) is 6.54 Å².